The van der Waals surface area contributed by atoms with Crippen LogP contribution in [-0.2, 0) is 6.42 Å². The lowest BCUT2D eigenvalue weighted by atomic mass is 10.1. The molecule has 0 saturated heterocycles. The predicted molar refractivity (Wildman–Crippen MR) is 49.3 cm³/mol. The number of unbranched alkanes of at least 4 members (excludes halogenated alkanes) is 1. The summed E-state index contributed by atoms with van der Waals surface area (Å²) in [5.41, 5.74) is 1.37. The van der Waals surface area contributed by atoms with Gasteiger partial charge in [0.1, 0.15) is 0 Å². The van der Waals surface area contributed by atoms with Crippen LogP contribution in [0.5, 0.6) is 0 Å². The molecule has 0 spiro atoms. The van der Waals surface area contributed by atoms with Crippen molar-refractivity contribution in [3.63, 3.8) is 0 Å². The van der Waals surface area contributed by atoms with Crippen LogP contribution in [0.1, 0.15) is 12.0 Å². The first kappa shape index (κ1) is 8.06. The van der Waals surface area contributed by atoms with Crippen LogP contribution >= 0.6 is 0 Å². The maximum Gasteiger partial charge on any atom is -0.0245 e. The summed E-state index contributed by atoms with van der Waals surface area (Å²) in [6.45, 7) is 3.66. The number of allylic oxidation sites excluding steroid dienone is 1. The van der Waals surface area contributed by atoms with Crippen molar-refractivity contribution in [3.8, 4) is 0 Å². The summed E-state index contributed by atoms with van der Waals surface area (Å²) in [7, 11) is 0. The first-order chi connectivity index (χ1) is 5.43. The largest absolute Gasteiger partial charge is 0.103 e. The van der Waals surface area contributed by atoms with E-state index < -0.39 is 0 Å². The Balaban J connectivity index is 2.33. The zero-order chi connectivity index (χ0) is 7.94. The molecular formula is C11H13. The first-order valence-corrected chi connectivity index (χ1v) is 3.90. The number of rotatable bonds is 4. The molecule has 0 aliphatic carbocycles. The van der Waals surface area contributed by atoms with Gasteiger partial charge in [-0.05, 0) is 24.8 Å². The van der Waals surface area contributed by atoms with Crippen LogP contribution in [0.25, 0.3) is 0 Å². The van der Waals surface area contributed by atoms with Crippen molar-refractivity contribution in [1.29, 1.82) is 0 Å². The minimum atomic E-state index is 0.995. The quantitative estimate of drug-likeness (QED) is 0.451. The van der Waals surface area contributed by atoms with Crippen molar-refractivity contribution in [2.75, 3.05) is 0 Å². The molecule has 0 heteroatoms. The summed E-state index contributed by atoms with van der Waals surface area (Å²) in [6, 6.07) is 10.4. The van der Waals surface area contributed by atoms with E-state index in [2.05, 4.69) is 37.3 Å². The fourth-order valence-electron chi connectivity index (χ4n) is 0.982. The summed E-state index contributed by atoms with van der Waals surface area (Å²) >= 11 is 0. The van der Waals surface area contributed by atoms with E-state index in [9.17, 15) is 0 Å². The van der Waals surface area contributed by atoms with E-state index in [1.54, 1.807) is 0 Å². The summed E-state index contributed by atoms with van der Waals surface area (Å²) in [5, 5.41) is 0. The Morgan fingerprint density at radius 2 is 1.91 bits per heavy atom. The van der Waals surface area contributed by atoms with Crippen LogP contribution in [-0.4, -0.2) is 0 Å². The highest BCUT2D eigenvalue weighted by Crippen LogP contribution is 2.03. The second kappa shape index (κ2) is 4.73. The molecule has 0 atom stereocenters. The third kappa shape index (κ3) is 3.03. The van der Waals surface area contributed by atoms with Gasteiger partial charge in [0.2, 0.25) is 0 Å². The highest BCUT2D eigenvalue weighted by atomic mass is 13.9. The Bertz CT molecular complexity index is 199. The van der Waals surface area contributed by atoms with E-state index in [1.807, 2.05) is 12.1 Å². The third-order valence-electron chi connectivity index (χ3n) is 1.56. The van der Waals surface area contributed by atoms with Gasteiger partial charge in [-0.1, -0.05) is 36.4 Å². The Hall–Kier alpha value is -1.04. The molecule has 1 aromatic carbocycles. The lowest BCUT2D eigenvalue weighted by molar-refractivity contribution is 1.06. The highest BCUT2D eigenvalue weighted by Gasteiger charge is 1.88. The van der Waals surface area contributed by atoms with Gasteiger partial charge in [-0.25, -0.2) is 0 Å². The summed E-state index contributed by atoms with van der Waals surface area (Å²) < 4.78 is 0. The average Bonchev–Trinajstić information content (AvgIpc) is 2.07. The minimum Gasteiger partial charge on any atom is -0.103 e. The van der Waals surface area contributed by atoms with Gasteiger partial charge in [-0.2, -0.15) is 0 Å². The van der Waals surface area contributed by atoms with Crippen LogP contribution in [0.2, 0.25) is 0 Å². The zero-order valence-electron chi connectivity index (χ0n) is 6.66. The van der Waals surface area contributed by atoms with Crippen LogP contribution in [0, 0.1) is 6.42 Å². The number of hydrogen-bond donors (Lipinski definition) is 0. The van der Waals surface area contributed by atoms with Crippen molar-refractivity contribution in [2.24, 2.45) is 0 Å². The molecule has 0 nitrogen and oxygen atoms in total. The first-order valence-electron chi connectivity index (χ1n) is 3.90. The lowest BCUT2D eigenvalue weighted by Crippen LogP contribution is -1.83. The number of hydrogen-bond acceptors (Lipinski definition) is 0. The predicted octanol–water partition coefficient (Wildman–Crippen LogP) is 3.01. The fourth-order valence-corrected chi connectivity index (χ4v) is 0.982. The normalized spacial score (nSPS) is 9.45. The summed E-state index contributed by atoms with van der Waals surface area (Å²) in [5.74, 6) is 0. The van der Waals surface area contributed by atoms with E-state index in [0.717, 1.165) is 12.8 Å². The van der Waals surface area contributed by atoms with E-state index in [-0.39, 0.29) is 0 Å². The molecule has 0 aliphatic heterocycles. The van der Waals surface area contributed by atoms with Crippen molar-refractivity contribution < 1.29 is 0 Å². The van der Waals surface area contributed by atoms with Crippen LogP contribution in [0.15, 0.2) is 43.0 Å². The average molecular weight is 145 g/mol. The van der Waals surface area contributed by atoms with E-state index in [0.29, 0.717) is 0 Å². The molecule has 0 saturated carbocycles. The molecule has 11 heavy (non-hydrogen) atoms. The standard InChI is InChI=1S/C11H13/c1-2-3-5-8-11-9-6-4-7-10-11/h2,4-7,9-10H,1,3,8H2. The maximum atomic E-state index is 3.66. The van der Waals surface area contributed by atoms with Crippen LogP contribution in [0.3, 0.4) is 0 Å². The third-order valence-corrected chi connectivity index (χ3v) is 1.56. The molecular weight excluding hydrogens is 132 g/mol. The minimum absolute atomic E-state index is 0.995. The molecule has 0 aliphatic rings. The molecule has 1 aromatic rings. The van der Waals surface area contributed by atoms with Gasteiger partial charge < -0.3 is 0 Å². The SMILES string of the molecule is C=CC[CH]Cc1ccccc1. The van der Waals surface area contributed by atoms with E-state index >= 15 is 0 Å². The van der Waals surface area contributed by atoms with Gasteiger partial charge in [-0.3, -0.25) is 0 Å². The Morgan fingerprint density at radius 3 is 2.55 bits per heavy atom. The van der Waals surface area contributed by atoms with Crippen molar-refractivity contribution in [1.82, 2.24) is 0 Å². The Labute approximate surface area is 68.6 Å². The molecule has 1 rings (SSSR count). The summed E-state index contributed by atoms with van der Waals surface area (Å²) in [6.07, 6.45) is 6.19. The molecule has 0 heterocycles. The molecule has 57 valence electrons. The van der Waals surface area contributed by atoms with Gasteiger partial charge in [0.25, 0.3) is 0 Å². The molecule has 0 fully saturated rings. The van der Waals surface area contributed by atoms with Crippen LogP contribution < -0.4 is 0 Å². The molecule has 0 amide bonds. The maximum absolute atomic E-state index is 3.66. The van der Waals surface area contributed by atoms with Crippen molar-refractivity contribution in [2.45, 2.75) is 12.8 Å². The van der Waals surface area contributed by atoms with Gasteiger partial charge in [0.15, 0.2) is 0 Å². The van der Waals surface area contributed by atoms with Crippen molar-refractivity contribution in [3.05, 3.63) is 55.0 Å². The second-order valence-corrected chi connectivity index (χ2v) is 2.50. The highest BCUT2D eigenvalue weighted by molar-refractivity contribution is 5.16. The van der Waals surface area contributed by atoms with Gasteiger partial charge in [0.05, 0.1) is 0 Å². The molecule has 0 bridgehead atoms. The molecule has 0 N–H and O–H groups in total. The Morgan fingerprint density at radius 1 is 1.18 bits per heavy atom. The smallest absolute Gasteiger partial charge is 0.0245 e. The van der Waals surface area contributed by atoms with Gasteiger partial charge in [0, 0.05) is 0 Å². The van der Waals surface area contributed by atoms with Gasteiger partial charge in [-0.15, -0.1) is 6.58 Å². The molecule has 1 radical (unpaired) electrons. The topological polar surface area (TPSA) is 0 Å². The Kier molecular flexibility index (Phi) is 3.46. The van der Waals surface area contributed by atoms with E-state index in [4.69, 9.17) is 0 Å². The molecule has 0 aromatic heterocycles. The summed E-state index contributed by atoms with van der Waals surface area (Å²) in [4.78, 5) is 0. The molecule has 0 unspecified atom stereocenters. The van der Waals surface area contributed by atoms with Crippen LogP contribution in [0.4, 0.5) is 0 Å². The lowest BCUT2D eigenvalue weighted by Gasteiger charge is -1.96. The van der Waals surface area contributed by atoms with Crippen molar-refractivity contribution >= 4 is 0 Å². The second-order valence-electron chi connectivity index (χ2n) is 2.50. The van der Waals surface area contributed by atoms with Gasteiger partial charge >= 0.3 is 0 Å². The van der Waals surface area contributed by atoms with E-state index in [1.165, 1.54) is 5.56 Å². The number of benzene rings is 1. The fraction of sp³-hybridized carbons (Fsp3) is 0.182. The zero-order valence-corrected chi connectivity index (χ0v) is 6.66. The monoisotopic (exact) mass is 145 g/mol.